The fraction of sp³-hybridized carbons (Fsp3) is 0.167. The highest BCUT2D eigenvalue weighted by atomic mass is 35.5. The molecule has 4 heterocycles. The molecule has 0 aliphatic heterocycles. The Labute approximate surface area is 211 Å². The molecule has 0 amide bonds. The second kappa shape index (κ2) is 8.96. The topological polar surface area (TPSA) is 100.0 Å². The summed E-state index contributed by atoms with van der Waals surface area (Å²) in [6.45, 7) is 1.59. The molecule has 37 heavy (non-hydrogen) atoms. The zero-order chi connectivity index (χ0) is 26.5. The summed E-state index contributed by atoms with van der Waals surface area (Å²) in [6.07, 6.45) is -0.548. The summed E-state index contributed by atoms with van der Waals surface area (Å²) in [5.41, 5.74) is 0.225. The molecule has 5 rings (SSSR count). The van der Waals surface area contributed by atoms with Crippen molar-refractivity contribution in [2.75, 3.05) is 0 Å². The Morgan fingerprint density at radius 3 is 2.24 bits per heavy atom. The molecule has 0 bridgehead atoms. The average molecular weight is 528 g/mol. The van der Waals surface area contributed by atoms with Crippen molar-refractivity contribution >= 4 is 17.2 Å². The van der Waals surface area contributed by atoms with Gasteiger partial charge in [0.2, 0.25) is 0 Å². The molecule has 0 radical (unpaired) electrons. The van der Waals surface area contributed by atoms with Gasteiger partial charge in [0, 0.05) is 24.5 Å². The summed E-state index contributed by atoms with van der Waals surface area (Å²) in [6, 6.07) is 8.66. The molecule has 4 aromatic heterocycles. The fourth-order valence-corrected chi connectivity index (χ4v) is 4.03. The Morgan fingerprint density at radius 1 is 0.919 bits per heavy atom. The van der Waals surface area contributed by atoms with Gasteiger partial charge in [-0.15, -0.1) is 5.10 Å². The first-order valence-electron chi connectivity index (χ1n) is 10.8. The first kappa shape index (κ1) is 24.4. The number of hydrogen-bond acceptors (Lipinski definition) is 6. The standard InChI is InChI=1S/C24H17ClF3N7O2/c1-13-9-30-17(11-29-13)20-19(15-4-6-16(25)7-5-15)22(36)33(2)35-21(20)32-34(23(35)37)12-14-3-8-18(31-10-14)24(26,27)28/h3-11H,12H2,1-2H3. The summed E-state index contributed by atoms with van der Waals surface area (Å²) in [4.78, 5) is 39.0. The molecule has 0 spiro atoms. The van der Waals surface area contributed by atoms with Gasteiger partial charge in [0.1, 0.15) is 5.69 Å². The van der Waals surface area contributed by atoms with Crippen LogP contribution in [0.25, 0.3) is 28.0 Å². The maximum atomic E-state index is 13.5. The van der Waals surface area contributed by atoms with Crippen molar-refractivity contribution in [3.8, 4) is 22.4 Å². The minimum absolute atomic E-state index is 0.120. The molecule has 0 N–H and O–H groups in total. The maximum absolute atomic E-state index is 13.5. The molecule has 5 aromatic rings. The number of alkyl halides is 3. The van der Waals surface area contributed by atoms with Gasteiger partial charge in [-0.25, -0.2) is 14.2 Å². The van der Waals surface area contributed by atoms with E-state index in [1.54, 1.807) is 31.2 Å². The van der Waals surface area contributed by atoms with Gasteiger partial charge in [0.05, 0.1) is 35.3 Å². The van der Waals surface area contributed by atoms with Gasteiger partial charge < -0.3 is 0 Å². The van der Waals surface area contributed by atoms with Gasteiger partial charge in [0.25, 0.3) is 5.56 Å². The van der Waals surface area contributed by atoms with Crippen LogP contribution in [-0.2, 0) is 19.8 Å². The highest BCUT2D eigenvalue weighted by Gasteiger charge is 2.32. The van der Waals surface area contributed by atoms with E-state index in [1.807, 2.05) is 0 Å². The number of pyridine rings is 1. The number of benzene rings is 1. The first-order chi connectivity index (χ1) is 17.5. The summed E-state index contributed by atoms with van der Waals surface area (Å²) in [5.74, 6) is 0. The van der Waals surface area contributed by atoms with Crippen LogP contribution in [0.4, 0.5) is 13.2 Å². The minimum atomic E-state index is -4.58. The quantitative estimate of drug-likeness (QED) is 0.353. The lowest BCUT2D eigenvalue weighted by atomic mass is 10.00. The van der Waals surface area contributed by atoms with Crippen molar-refractivity contribution in [1.29, 1.82) is 0 Å². The van der Waals surface area contributed by atoms with Crippen LogP contribution in [0, 0.1) is 6.92 Å². The molecular formula is C24H17ClF3N7O2. The van der Waals surface area contributed by atoms with Crippen LogP contribution in [0.5, 0.6) is 0 Å². The number of fused-ring (bicyclic) bond motifs is 1. The zero-order valence-corrected chi connectivity index (χ0v) is 20.1. The number of halogens is 4. The van der Waals surface area contributed by atoms with Gasteiger partial charge in [-0.3, -0.25) is 19.7 Å². The van der Waals surface area contributed by atoms with Crippen molar-refractivity contribution in [2.24, 2.45) is 7.05 Å². The van der Waals surface area contributed by atoms with Crippen molar-refractivity contribution in [3.05, 3.63) is 97.8 Å². The second-order valence-electron chi connectivity index (χ2n) is 8.25. The Hall–Kier alpha value is -4.32. The molecule has 1 aromatic carbocycles. The van der Waals surface area contributed by atoms with Gasteiger partial charge in [0.15, 0.2) is 5.65 Å². The van der Waals surface area contributed by atoms with Crippen molar-refractivity contribution in [1.82, 2.24) is 33.9 Å². The third kappa shape index (κ3) is 4.40. The van der Waals surface area contributed by atoms with Crippen LogP contribution in [0.15, 0.2) is 64.6 Å². The fourth-order valence-electron chi connectivity index (χ4n) is 3.91. The first-order valence-corrected chi connectivity index (χ1v) is 11.2. The summed E-state index contributed by atoms with van der Waals surface area (Å²) in [7, 11) is 1.42. The number of aryl methyl sites for hydroxylation is 2. The SMILES string of the molecule is Cc1cnc(-c2c(-c3ccc(Cl)cc3)c(=O)n(C)n3c(=O)n(Cc4ccc(C(F)(F)F)nc4)nc23)cn1. The van der Waals surface area contributed by atoms with Gasteiger partial charge in [-0.1, -0.05) is 29.8 Å². The summed E-state index contributed by atoms with van der Waals surface area (Å²) < 4.78 is 41.9. The molecule has 0 atom stereocenters. The lowest BCUT2D eigenvalue weighted by molar-refractivity contribution is -0.141. The monoisotopic (exact) mass is 527 g/mol. The lowest BCUT2D eigenvalue weighted by Crippen LogP contribution is -2.33. The van der Waals surface area contributed by atoms with E-state index in [1.165, 1.54) is 25.5 Å². The van der Waals surface area contributed by atoms with Crippen molar-refractivity contribution < 1.29 is 13.2 Å². The minimum Gasteiger partial charge on any atom is -0.267 e. The molecule has 0 aliphatic rings. The molecule has 0 aliphatic carbocycles. The van der Waals surface area contributed by atoms with Gasteiger partial charge >= 0.3 is 11.9 Å². The highest BCUT2D eigenvalue weighted by Crippen LogP contribution is 2.31. The second-order valence-corrected chi connectivity index (χ2v) is 8.69. The number of rotatable bonds is 4. The molecule has 9 nitrogen and oxygen atoms in total. The van der Waals surface area contributed by atoms with E-state index < -0.39 is 23.1 Å². The van der Waals surface area contributed by atoms with Gasteiger partial charge in [-0.2, -0.15) is 17.7 Å². The molecule has 0 saturated heterocycles. The third-order valence-corrected chi connectivity index (χ3v) is 5.97. The highest BCUT2D eigenvalue weighted by molar-refractivity contribution is 6.30. The van der Waals surface area contributed by atoms with E-state index in [-0.39, 0.29) is 23.3 Å². The van der Waals surface area contributed by atoms with Crippen LogP contribution in [0.3, 0.4) is 0 Å². The normalized spacial score (nSPS) is 11.8. The van der Waals surface area contributed by atoms with E-state index in [2.05, 4.69) is 20.1 Å². The Bertz CT molecular complexity index is 1740. The van der Waals surface area contributed by atoms with E-state index in [0.29, 0.717) is 27.5 Å². The smallest absolute Gasteiger partial charge is 0.267 e. The Kier molecular flexibility index (Phi) is 5.91. The van der Waals surface area contributed by atoms with Crippen molar-refractivity contribution in [3.63, 3.8) is 0 Å². The van der Waals surface area contributed by atoms with E-state index >= 15 is 0 Å². The van der Waals surface area contributed by atoms with Crippen LogP contribution in [0.2, 0.25) is 5.02 Å². The van der Waals surface area contributed by atoms with Crippen LogP contribution in [0.1, 0.15) is 17.0 Å². The predicted molar refractivity (Wildman–Crippen MR) is 129 cm³/mol. The molecule has 13 heteroatoms. The number of aromatic nitrogens is 7. The number of nitrogens with zero attached hydrogens (tertiary/aromatic N) is 7. The van der Waals surface area contributed by atoms with Crippen LogP contribution in [-0.4, -0.2) is 33.9 Å². The van der Waals surface area contributed by atoms with E-state index in [4.69, 9.17) is 11.6 Å². The number of hydrogen-bond donors (Lipinski definition) is 0. The molecule has 0 saturated carbocycles. The molecule has 188 valence electrons. The largest absolute Gasteiger partial charge is 0.433 e. The van der Waals surface area contributed by atoms with Crippen LogP contribution < -0.4 is 11.2 Å². The van der Waals surface area contributed by atoms with E-state index in [9.17, 15) is 22.8 Å². The maximum Gasteiger partial charge on any atom is 0.433 e. The van der Waals surface area contributed by atoms with Gasteiger partial charge in [-0.05, 0) is 36.2 Å². The Morgan fingerprint density at radius 2 is 1.65 bits per heavy atom. The predicted octanol–water partition coefficient (Wildman–Crippen LogP) is 3.74. The lowest BCUT2D eigenvalue weighted by Gasteiger charge is -2.13. The third-order valence-electron chi connectivity index (χ3n) is 5.72. The van der Waals surface area contributed by atoms with Crippen molar-refractivity contribution in [2.45, 2.75) is 19.6 Å². The van der Waals surface area contributed by atoms with Crippen LogP contribution >= 0.6 is 11.6 Å². The summed E-state index contributed by atoms with van der Waals surface area (Å²) in [5, 5.41) is 4.92. The zero-order valence-electron chi connectivity index (χ0n) is 19.4. The molecule has 0 unspecified atom stereocenters. The molecular weight excluding hydrogens is 511 g/mol. The Balaban J connectivity index is 1.75. The van der Waals surface area contributed by atoms with E-state index in [0.717, 1.165) is 26.1 Å². The average Bonchev–Trinajstić information content (AvgIpc) is 3.18. The molecule has 0 fully saturated rings. The summed E-state index contributed by atoms with van der Waals surface area (Å²) >= 11 is 6.04.